The van der Waals surface area contributed by atoms with Gasteiger partial charge in [0.15, 0.2) is 11.5 Å². The van der Waals surface area contributed by atoms with Crippen LogP contribution in [0.25, 0.3) is 27.2 Å². The summed E-state index contributed by atoms with van der Waals surface area (Å²) in [5, 5.41) is 3.38. The maximum absolute atomic E-state index is 14.3. The molecule has 12 heteroatoms. The van der Waals surface area contributed by atoms with E-state index in [1.165, 1.54) is 22.9 Å². The first kappa shape index (κ1) is 21.4. The van der Waals surface area contributed by atoms with E-state index in [1.807, 2.05) is 0 Å². The number of benzene rings is 2. The van der Waals surface area contributed by atoms with Gasteiger partial charge in [0.05, 0.1) is 29.8 Å². The minimum absolute atomic E-state index is 0.0999. The fourth-order valence-electron chi connectivity index (χ4n) is 3.29. The highest BCUT2D eigenvalue weighted by atomic mass is 19.4. The third-order valence-electron chi connectivity index (χ3n) is 4.65. The van der Waals surface area contributed by atoms with E-state index >= 15 is 0 Å². The van der Waals surface area contributed by atoms with Crippen LogP contribution in [-0.4, -0.2) is 14.7 Å². The summed E-state index contributed by atoms with van der Waals surface area (Å²) >= 11 is 0. The van der Waals surface area contributed by atoms with Gasteiger partial charge in [-0.25, -0.2) is 9.24 Å². The molecule has 0 N–H and O–H groups in total. The van der Waals surface area contributed by atoms with Crippen LogP contribution >= 0.6 is 0 Å². The molecule has 0 aliphatic rings. The van der Waals surface area contributed by atoms with Gasteiger partial charge in [0.1, 0.15) is 5.82 Å². The molecule has 0 atom stereocenters. The normalized spacial score (nSPS) is 12.3. The second-order valence-corrected chi connectivity index (χ2v) is 6.63. The van der Waals surface area contributed by atoms with E-state index in [2.05, 4.69) is 15.0 Å². The zero-order valence-corrected chi connectivity index (χ0v) is 15.6. The van der Waals surface area contributed by atoms with Gasteiger partial charge in [-0.3, -0.25) is 0 Å². The van der Waals surface area contributed by atoms with Crippen LogP contribution in [0.1, 0.15) is 17.0 Å². The van der Waals surface area contributed by atoms with Crippen LogP contribution in [0, 0.1) is 12.4 Å². The summed E-state index contributed by atoms with van der Waals surface area (Å²) < 4.78 is 99.6. The SMILES string of the molecule is [C-]#[N+]c1ccc2c(ccn2Cc2noc(-c3cccc(C(F)(F)F)c3F)n2)c1C(F)(F)F. The average Bonchev–Trinajstić information content (AvgIpc) is 3.33. The Hall–Kier alpha value is -3.88. The van der Waals surface area contributed by atoms with E-state index in [1.54, 1.807) is 0 Å². The van der Waals surface area contributed by atoms with Crippen molar-refractivity contribution >= 4 is 16.6 Å². The summed E-state index contributed by atoms with van der Waals surface area (Å²) in [5.41, 5.74) is -3.56. The molecular weight excluding hydrogens is 445 g/mol. The Morgan fingerprint density at radius 2 is 1.75 bits per heavy atom. The molecule has 4 aromatic rings. The quantitative estimate of drug-likeness (QED) is 0.264. The minimum Gasteiger partial charge on any atom is -0.340 e. The van der Waals surface area contributed by atoms with Gasteiger partial charge in [0.25, 0.3) is 5.89 Å². The lowest BCUT2D eigenvalue weighted by molar-refractivity contribution is -0.140. The van der Waals surface area contributed by atoms with Gasteiger partial charge >= 0.3 is 12.4 Å². The molecule has 2 aromatic heterocycles. The summed E-state index contributed by atoms with van der Waals surface area (Å²) in [6.45, 7) is 6.76. The van der Waals surface area contributed by atoms with Crippen molar-refractivity contribution in [2.45, 2.75) is 18.9 Å². The maximum Gasteiger partial charge on any atom is 0.419 e. The summed E-state index contributed by atoms with van der Waals surface area (Å²) in [6, 6.07) is 6.13. The largest absolute Gasteiger partial charge is 0.419 e. The van der Waals surface area contributed by atoms with E-state index in [0.717, 1.165) is 18.2 Å². The molecule has 0 saturated carbocycles. The molecule has 32 heavy (non-hydrogen) atoms. The summed E-state index contributed by atoms with van der Waals surface area (Å²) in [5.74, 6) is -2.19. The van der Waals surface area contributed by atoms with Gasteiger partial charge in [-0.2, -0.15) is 31.3 Å². The number of alkyl halides is 6. The fourth-order valence-corrected chi connectivity index (χ4v) is 3.29. The number of hydrogen-bond acceptors (Lipinski definition) is 3. The highest BCUT2D eigenvalue weighted by Gasteiger charge is 2.37. The molecule has 0 unspecified atom stereocenters. The topological polar surface area (TPSA) is 48.2 Å². The molecule has 0 aliphatic carbocycles. The number of nitrogens with zero attached hydrogens (tertiary/aromatic N) is 4. The van der Waals surface area contributed by atoms with Crippen LogP contribution in [0.5, 0.6) is 0 Å². The van der Waals surface area contributed by atoms with E-state index in [9.17, 15) is 30.7 Å². The Morgan fingerprint density at radius 3 is 2.41 bits per heavy atom. The van der Waals surface area contributed by atoms with Crippen LogP contribution in [0.3, 0.4) is 0 Å². The number of hydrogen-bond donors (Lipinski definition) is 0. The van der Waals surface area contributed by atoms with Crippen LogP contribution in [-0.2, 0) is 18.9 Å². The lowest BCUT2D eigenvalue weighted by atomic mass is 10.1. The predicted octanol–water partition coefficient (Wildman–Crippen LogP) is 6.47. The molecule has 0 saturated heterocycles. The lowest BCUT2D eigenvalue weighted by Gasteiger charge is -2.11. The van der Waals surface area contributed by atoms with E-state index in [-0.39, 0.29) is 23.3 Å². The Bertz CT molecular complexity index is 1360. The van der Waals surface area contributed by atoms with Gasteiger partial charge in [-0.15, -0.1) is 0 Å². The smallest absolute Gasteiger partial charge is 0.340 e. The molecular formula is C20H9F7N4O. The second kappa shape index (κ2) is 7.37. The monoisotopic (exact) mass is 454 g/mol. The summed E-state index contributed by atoms with van der Waals surface area (Å²) in [4.78, 5) is 6.79. The molecule has 0 radical (unpaired) electrons. The standard InChI is InChI=1S/C20H9F7N4O/c1-28-13-5-6-14-10(16(13)20(25,26)27)7-8-31(14)9-15-29-18(32-30-15)11-3-2-4-12(17(11)21)19(22,23)24/h2-8H,9H2. The number of rotatable bonds is 3. The maximum atomic E-state index is 14.3. The first-order valence-corrected chi connectivity index (χ1v) is 8.76. The van der Waals surface area contributed by atoms with E-state index in [4.69, 9.17) is 11.1 Å². The molecule has 0 fully saturated rings. The highest BCUT2D eigenvalue weighted by Crippen LogP contribution is 2.42. The number of aromatic nitrogens is 3. The van der Waals surface area contributed by atoms with Crippen LogP contribution in [0.4, 0.5) is 36.4 Å². The van der Waals surface area contributed by atoms with Crippen LogP contribution in [0.15, 0.2) is 47.1 Å². The van der Waals surface area contributed by atoms with Gasteiger partial charge in [0.2, 0.25) is 0 Å². The fraction of sp³-hybridized carbons (Fsp3) is 0.150. The predicted molar refractivity (Wildman–Crippen MR) is 97.0 cm³/mol. The van der Waals surface area contributed by atoms with Crippen molar-refractivity contribution in [2.75, 3.05) is 0 Å². The van der Waals surface area contributed by atoms with Crippen molar-refractivity contribution < 1.29 is 35.3 Å². The molecule has 0 aliphatic heterocycles. The first-order valence-electron chi connectivity index (χ1n) is 8.76. The van der Waals surface area contributed by atoms with Crippen LogP contribution < -0.4 is 0 Å². The van der Waals surface area contributed by atoms with E-state index < -0.39 is 46.4 Å². The minimum atomic E-state index is -4.92. The van der Waals surface area contributed by atoms with E-state index in [0.29, 0.717) is 6.07 Å². The highest BCUT2D eigenvalue weighted by molar-refractivity contribution is 5.89. The molecule has 0 spiro atoms. The molecule has 0 bridgehead atoms. The molecule has 5 nitrogen and oxygen atoms in total. The van der Waals surface area contributed by atoms with Crippen molar-refractivity contribution in [1.82, 2.24) is 14.7 Å². The van der Waals surface area contributed by atoms with Crippen molar-refractivity contribution in [2.24, 2.45) is 0 Å². The average molecular weight is 454 g/mol. The Morgan fingerprint density at radius 1 is 1.00 bits per heavy atom. The third kappa shape index (κ3) is 3.66. The van der Waals surface area contributed by atoms with Crippen molar-refractivity contribution in [1.29, 1.82) is 0 Å². The molecule has 4 rings (SSSR count). The zero-order chi connectivity index (χ0) is 23.3. The number of fused-ring (bicyclic) bond motifs is 1. The zero-order valence-electron chi connectivity index (χ0n) is 15.6. The lowest BCUT2D eigenvalue weighted by Crippen LogP contribution is -2.08. The Balaban J connectivity index is 1.71. The summed E-state index contributed by atoms with van der Waals surface area (Å²) in [6.07, 6.45) is -8.37. The molecule has 2 heterocycles. The third-order valence-corrected chi connectivity index (χ3v) is 4.65. The molecule has 2 aromatic carbocycles. The van der Waals surface area contributed by atoms with Crippen molar-refractivity contribution in [3.05, 3.63) is 76.8 Å². The van der Waals surface area contributed by atoms with Gasteiger partial charge < -0.3 is 9.09 Å². The van der Waals surface area contributed by atoms with Crippen molar-refractivity contribution in [3.63, 3.8) is 0 Å². The Labute approximate surface area is 174 Å². The molecule has 164 valence electrons. The van der Waals surface area contributed by atoms with Gasteiger partial charge in [-0.05, 0) is 24.3 Å². The first-order chi connectivity index (χ1) is 15.0. The van der Waals surface area contributed by atoms with Gasteiger partial charge in [0, 0.05) is 17.1 Å². The second-order valence-electron chi connectivity index (χ2n) is 6.63. The number of halogens is 7. The van der Waals surface area contributed by atoms with Crippen LogP contribution in [0.2, 0.25) is 0 Å². The van der Waals surface area contributed by atoms with Gasteiger partial charge in [-0.1, -0.05) is 17.3 Å². The van der Waals surface area contributed by atoms with Crippen molar-refractivity contribution in [3.8, 4) is 11.5 Å². The Kier molecular flexibility index (Phi) is 4.92. The molecule has 0 amide bonds. The summed E-state index contributed by atoms with van der Waals surface area (Å²) in [7, 11) is 0.